The van der Waals surface area contributed by atoms with E-state index in [0.29, 0.717) is 24.4 Å². The van der Waals surface area contributed by atoms with Crippen LogP contribution in [0.2, 0.25) is 0 Å². The highest BCUT2D eigenvalue weighted by atomic mass is 32.1. The second-order valence-electron chi connectivity index (χ2n) is 7.30. The highest BCUT2D eigenvalue weighted by molar-refractivity contribution is 7.10. The van der Waals surface area contributed by atoms with Crippen LogP contribution in [0.5, 0.6) is 0 Å². The van der Waals surface area contributed by atoms with Crippen molar-refractivity contribution in [1.82, 2.24) is 4.90 Å². The van der Waals surface area contributed by atoms with E-state index in [2.05, 4.69) is 30.6 Å². The van der Waals surface area contributed by atoms with Gasteiger partial charge >= 0.3 is 0 Å². The Kier molecular flexibility index (Phi) is 5.77. The van der Waals surface area contributed by atoms with Crippen molar-refractivity contribution in [1.29, 1.82) is 0 Å². The summed E-state index contributed by atoms with van der Waals surface area (Å²) in [4.78, 5) is 28.5. The number of carbonyl (C=O) groups excluding carboxylic acids is 2. The number of amides is 2. The number of anilines is 1. The van der Waals surface area contributed by atoms with Crippen molar-refractivity contribution >= 4 is 28.8 Å². The Morgan fingerprint density at radius 3 is 2.85 bits per heavy atom. The van der Waals surface area contributed by atoms with Crippen molar-refractivity contribution in [2.75, 3.05) is 11.9 Å². The number of hydrogen-bond acceptors (Lipinski definition) is 3. The van der Waals surface area contributed by atoms with Gasteiger partial charge in [-0.25, -0.2) is 0 Å². The summed E-state index contributed by atoms with van der Waals surface area (Å²) in [5, 5.41) is 5.06. The zero-order valence-electron chi connectivity index (χ0n) is 15.7. The van der Waals surface area contributed by atoms with Crippen molar-refractivity contribution in [2.45, 2.75) is 46.6 Å². The topological polar surface area (TPSA) is 49.4 Å². The molecule has 2 heterocycles. The molecule has 2 aromatic rings. The SMILES string of the molecule is Cc1c(NC(=O)CCC(C)C)cccc1C(=O)N1CCc2sccc2C1. The average molecular weight is 371 g/mol. The number of thiophene rings is 1. The van der Waals surface area contributed by atoms with Gasteiger partial charge in [-0.05, 0) is 60.4 Å². The Morgan fingerprint density at radius 1 is 1.27 bits per heavy atom. The summed E-state index contributed by atoms with van der Waals surface area (Å²) in [6.07, 6.45) is 2.28. The van der Waals surface area contributed by atoms with E-state index in [1.54, 1.807) is 11.3 Å². The highest BCUT2D eigenvalue weighted by Gasteiger charge is 2.24. The van der Waals surface area contributed by atoms with Crippen LogP contribution in [0.4, 0.5) is 5.69 Å². The van der Waals surface area contributed by atoms with Gasteiger partial charge in [0.15, 0.2) is 0 Å². The summed E-state index contributed by atoms with van der Waals surface area (Å²) in [5.41, 5.74) is 3.50. The van der Waals surface area contributed by atoms with Gasteiger partial charge in [0, 0.05) is 35.6 Å². The molecule has 3 rings (SSSR count). The standard InChI is InChI=1S/C21H26N2O2S/c1-14(2)7-8-20(24)22-18-6-4-5-17(15(18)3)21(25)23-11-9-19-16(13-23)10-12-26-19/h4-6,10,12,14H,7-9,11,13H2,1-3H3,(H,22,24). The normalized spacial score (nSPS) is 13.6. The first kappa shape index (κ1) is 18.6. The highest BCUT2D eigenvalue weighted by Crippen LogP contribution is 2.27. The largest absolute Gasteiger partial charge is 0.334 e. The quantitative estimate of drug-likeness (QED) is 0.834. The van der Waals surface area contributed by atoms with Crippen molar-refractivity contribution < 1.29 is 9.59 Å². The number of carbonyl (C=O) groups is 2. The predicted molar refractivity (Wildman–Crippen MR) is 107 cm³/mol. The lowest BCUT2D eigenvalue weighted by Crippen LogP contribution is -2.35. The molecule has 4 nitrogen and oxygen atoms in total. The van der Waals surface area contributed by atoms with Crippen molar-refractivity contribution in [3.05, 3.63) is 51.2 Å². The van der Waals surface area contributed by atoms with E-state index in [9.17, 15) is 9.59 Å². The molecule has 5 heteroatoms. The molecule has 1 aliphatic rings. The molecular formula is C21H26N2O2S. The number of fused-ring (bicyclic) bond motifs is 1. The van der Waals surface area contributed by atoms with E-state index in [-0.39, 0.29) is 11.8 Å². The number of benzene rings is 1. The Morgan fingerprint density at radius 2 is 2.08 bits per heavy atom. The van der Waals surface area contributed by atoms with E-state index in [0.717, 1.165) is 30.6 Å². The van der Waals surface area contributed by atoms with Gasteiger partial charge in [0.1, 0.15) is 0 Å². The Bertz CT molecular complexity index is 810. The Balaban J connectivity index is 1.72. The van der Waals surface area contributed by atoms with Gasteiger partial charge in [-0.2, -0.15) is 0 Å². The minimum absolute atomic E-state index is 0.00675. The first-order valence-electron chi connectivity index (χ1n) is 9.19. The van der Waals surface area contributed by atoms with Crippen LogP contribution in [0.1, 0.15) is 53.1 Å². The van der Waals surface area contributed by atoms with Crippen molar-refractivity contribution in [3.63, 3.8) is 0 Å². The van der Waals surface area contributed by atoms with E-state index in [1.165, 1.54) is 10.4 Å². The Hall–Kier alpha value is -2.14. The summed E-state index contributed by atoms with van der Waals surface area (Å²) in [6.45, 7) is 7.54. The Labute approximate surface area is 159 Å². The molecule has 1 aromatic carbocycles. The maximum atomic E-state index is 13.0. The lowest BCUT2D eigenvalue weighted by atomic mass is 10.0. The fourth-order valence-corrected chi connectivity index (χ4v) is 4.12. The lowest BCUT2D eigenvalue weighted by Gasteiger charge is -2.28. The van der Waals surface area contributed by atoms with E-state index in [4.69, 9.17) is 0 Å². The van der Waals surface area contributed by atoms with Crippen LogP contribution < -0.4 is 5.32 Å². The fraction of sp³-hybridized carbons (Fsp3) is 0.429. The van der Waals surface area contributed by atoms with E-state index >= 15 is 0 Å². The van der Waals surface area contributed by atoms with Crippen LogP contribution in [0.3, 0.4) is 0 Å². The minimum atomic E-state index is 0.00675. The minimum Gasteiger partial charge on any atom is -0.334 e. The van der Waals surface area contributed by atoms with Crippen molar-refractivity contribution in [2.24, 2.45) is 5.92 Å². The van der Waals surface area contributed by atoms with Gasteiger partial charge in [-0.15, -0.1) is 11.3 Å². The molecule has 1 aliphatic heterocycles. The molecule has 0 bridgehead atoms. The molecule has 0 saturated carbocycles. The predicted octanol–water partition coefficient (Wildman–Crippen LogP) is 4.63. The van der Waals surface area contributed by atoms with Gasteiger partial charge < -0.3 is 10.2 Å². The molecule has 2 amide bonds. The van der Waals surface area contributed by atoms with Gasteiger partial charge in [-0.1, -0.05) is 19.9 Å². The van der Waals surface area contributed by atoms with Gasteiger partial charge in [0.25, 0.3) is 5.91 Å². The number of nitrogens with one attached hydrogen (secondary N) is 1. The summed E-state index contributed by atoms with van der Waals surface area (Å²) in [7, 11) is 0. The molecule has 0 radical (unpaired) electrons. The van der Waals surface area contributed by atoms with Gasteiger partial charge in [-0.3, -0.25) is 9.59 Å². The molecule has 0 spiro atoms. The molecule has 0 unspecified atom stereocenters. The molecule has 1 N–H and O–H groups in total. The second-order valence-corrected chi connectivity index (χ2v) is 8.31. The second kappa shape index (κ2) is 8.04. The van der Waals surface area contributed by atoms with Crippen LogP contribution in [0.15, 0.2) is 29.6 Å². The van der Waals surface area contributed by atoms with Crippen molar-refractivity contribution in [3.8, 4) is 0 Å². The third kappa shape index (κ3) is 4.15. The molecule has 0 fully saturated rings. The van der Waals surface area contributed by atoms with E-state index < -0.39 is 0 Å². The molecule has 138 valence electrons. The summed E-state index contributed by atoms with van der Waals surface area (Å²) in [5.74, 6) is 0.542. The molecule has 1 aromatic heterocycles. The van der Waals surface area contributed by atoms with Crippen LogP contribution in [0.25, 0.3) is 0 Å². The zero-order chi connectivity index (χ0) is 18.7. The smallest absolute Gasteiger partial charge is 0.254 e. The maximum Gasteiger partial charge on any atom is 0.254 e. The number of nitrogens with zero attached hydrogens (tertiary/aromatic N) is 1. The molecule has 0 saturated heterocycles. The molecule has 0 aliphatic carbocycles. The third-order valence-electron chi connectivity index (χ3n) is 4.88. The van der Waals surface area contributed by atoms with Crippen LogP contribution in [-0.4, -0.2) is 23.3 Å². The first-order chi connectivity index (χ1) is 12.5. The number of hydrogen-bond donors (Lipinski definition) is 1. The lowest BCUT2D eigenvalue weighted by molar-refractivity contribution is -0.116. The van der Waals surface area contributed by atoms with Crippen LogP contribution in [-0.2, 0) is 17.8 Å². The average Bonchev–Trinajstić information content (AvgIpc) is 3.09. The summed E-state index contributed by atoms with van der Waals surface area (Å²) >= 11 is 1.77. The molecule has 0 atom stereocenters. The third-order valence-corrected chi connectivity index (χ3v) is 5.90. The summed E-state index contributed by atoms with van der Waals surface area (Å²) in [6, 6.07) is 7.67. The van der Waals surface area contributed by atoms with E-state index in [1.807, 2.05) is 30.0 Å². The zero-order valence-corrected chi connectivity index (χ0v) is 16.5. The number of rotatable bonds is 5. The summed E-state index contributed by atoms with van der Waals surface area (Å²) < 4.78 is 0. The van der Waals surface area contributed by atoms with Crippen LogP contribution >= 0.6 is 11.3 Å². The maximum absolute atomic E-state index is 13.0. The molecular weight excluding hydrogens is 344 g/mol. The molecule has 26 heavy (non-hydrogen) atoms. The first-order valence-corrected chi connectivity index (χ1v) is 10.1. The van der Waals surface area contributed by atoms with Gasteiger partial charge in [0.2, 0.25) is 5.91 Å². The monoisotopic (exact) mass is 370 g/mol. The fourth-order valence-electron chi connectivity index (χ4n) is 3.23. The van der Waals surface area contributed by atoms with Gasteiger partial charge in [0.05, 0.1) is 0 Å². The van der Waals surface area contributed by atoms with Crippen LogP contribution in [0, 0.1) is 12.8 Å².